The number of unbranched alkanes of at least 4 members (excludes halogenated alkanes) is 32. The molecule has 360 valence electrons. The molecule has 9 nitrogen and oxygen atoms in total. The molecule has 0 aliphatic carbocycles. The van der Waals surface area contributed by atoms with Gasteiger partial charge in [-0.25, -0.2) is 4.57 Å². The molecule has 0 aliphatic rings. The smallest absolute Gasteiger partial charge is 0.462 e. The van der Waals surface area contributed by atoms with Crippen molar-refractivity contribution in [3.8, 4) is 0 Å². The molecule has 10 heteroatoms. The first-order valence-electron chi connectivity index (χ1n) is 25.8. The Labute approximate surface area is 376 Å². The van der Waals surface area contributed by atoms with Crippen LogP contribution in [0.25, 0.3) is 0 Å². The van der Waals surface area contributed by atoms with Crippen LogP contribution in [-0.2, 0) is 32.7 Å². The average molecular weight is 884 g/mol. The van der Waals surface area contributed by atoms with E-state index in [1.54, 1.807) is 0 Å². The molecule has 0 rings (SSSR count). The van der Waals surface area contributed by atoms with Crippen molar-refractivity contribution < 1.29 is 37.6 Å². The molecular weight excluding hydrogens is 786 g/mol. The van der Waals surface area contributed by atoms with Crippen molar-refractivity contribution in [2.45, 2.75) is 264 Å². The first kappa shape index (κ1) is 59.5. The van der Waals surface area contributed by atoms with E-state index in [-0.39, 0.29) is 38.6 Å². The molecule has 0 aliphatic heterocycles. The van der Waals surface area contributed by atoms with Gasteiger partial charge >= 0.3 is 19.8 Å². The van der Waals surface area contributed by atoms with Gasteiger partial charge in [0.25, 0.3) is 0 Å². The molecule has 3 N–H and O–H groups in total. The maximum atomic E-state index is 12.7. The highest BCUT2D eigenvalue weighted by Crippen LogP contribution is 2.43. The minimum Gasteiger partial charge on any atom is -0.462 e. The largest absolute Gasteiger partial charge is 0.472 e. The Morgan fingerprint density at radius 3 is 1.16 bits per heavy atom. The van der Waals surface area contributed by atoms with Gasteiger partial charge in [0.15, 0.2) is 6.10 Å². The van der Waals surface area contributed by atoms with Crippen molar-refractivity contribution >= 4 is 19.8 Å². The zero-order valence-electron chi connectivity index (χ0n) is 39.9. The molecular formula is C51H98NO8P. The molecule has 0 aromatic rings. The number of nitrogens with two attached hydrogens (primary N) is 1. The van der Waals surface area contributed by atoms with E-state index >= 15 is 0 Å². The van der Waals surface area contributed by atoms with Crippen molar-refractivity contribution in [1.29, 1.82) is 0 Å². The lowest BCUT2D eigenvalue weighted by Gasteiger charge is -2.19. The van der Waals surface area contributed by atoms with E-state index < -0.39 is 26.5 Å². The summed E-state index contributed by atoms with van der Waals surface area (Å²) in [5.74, 6) is -0.823. The molecule has 0 fully saturated rings. The average Bonchev–Trinajstić information content (AvgIpc) is 3.25. The minimum atomic E-state index is -4.38. The lowest BCUT2D eigenvalue weighted by atomic mass is 10.0. The van der Waals surface area contributed by atoms with E-state index in [0.29, 0.717) is 6.42 Å². The zero-order chi connectivity index (χ0) is 44.6. The third-order valence-electron chi connectivity index (χ3n) is 11.3. The second-order valence-corrected chi connectivity index (χ2v) is 18.8. The Kier molecular flexibility index (Phi) is 46.8. The number of ether oxygens (including phenoxy) is 2. The van der Waals surface area contributed by atoms with Crippen LogP contribution >= 0.6 is 7.82 Å². The molecule has 0 bridgehead atoms. The third kappa shape index (κ3) is 47.8. The molecule has 2 unspecified atom stereocenters. The van der Waals surface area contributed by atoms with E-state index in [1.165, 1.54) is 173 Å². The number of esters is 2. The van der Waals surface area contributed by atoms with Crippen LogP contribution < -0.4 is 5.73 Å². The van der Waals surface area contributed by atoms with Gasteiger partial charge in [0.2, 0.25) is 0 Å². The summed E-state index contributed by atoms with van der Waals surface area (Å²) in [6.07, 6.45) is 53.6. The van der Waals surface area contributed by atoms with Crippen LogP contribution in [0.15, 0.2) is 24.3 Å². The van der Waals surface area contributed by atoms with E-state index in [9.17, 15) is 19.0 Å². The highest BCUT2D eigenvalue weighted by Gasteiger charge is 2.26. The molecule has 0 heterocycles. The Balaban J connectivity index is 4.02. The fourth-order valence-electron chi connectivity index (χ4n) is 7.45. The summed E-state index contributed by atoms with van der Waals surface area (Å²) in [6.45, 7) is 3.77. The summed E-state index contributed by atoms with van der Waals surface area (Å²) >= 11 is 0. The van der Waals surface area contributed by atoms with Crippen LogP contribution in [0.1, 0.15) is 258 Å². The summed E-state index contributed by atoms with van der Waals surface area (Å²) in [7, 11) is -4.38. The lowest BCUT2D eigenvalue weighted by molar-refractivity contribution is -0.161. The van der Waals surface area contributed by atoms with Crippen LogP contribution in [0.5, 0.6) is 0 Å². The number of hydrogen-bond donors (Lipinski definition) is 2. The summed E-state index contributed by atoms with van der Waals surface area (Å²) in [5.41, 5.74) is 5.37. The fourth-order valence-corrected chi connectivity index (χ4v) is 8.21. The standard InChI is InChI=1S/C51H98NO8P/c1-3-5-7-9-11-13-15-17-19-21-22-23-24-25-26-28-30-32-34-36-38-40-42-44-51(54)60-49(48-59-61(55,56)58-46-45-52)47-57-50(53)43-41-39-37-35-33-31-29-27-20-18-16-14-12-10-8-6-4-2/h18,20-22,49H,3-17,19,23-48,52H2,1-2H3,(H,55,56)/b20-18-,22-21-. The molecule has 2 atom stereocenters. The summed E-state index contributed by atoms with van der Waals surface area (Å²) in [4.78, 5) is 35.0. The van der Waals surface area contributed by atoms with Gasteiger partial charge < -0.3 is 20.1 Å². The Bertz CT molecular complexity index is 1050. The highest BCUT2D eigenvalue weighted by atomic mass is 31.2. The fraction of sp³-hybridized carbons (Fsp3) is 0.882. The van der Waals surface area contributed by atoms with E-state index in [2.05, 4.69) is 38.2 Å². The van der Waals surface area contributed by atoms with Crippen LogP contribution in [0.4, 0.5) is 0 Å². The minimum absolute atomic E-state index is 0.0542. The topological polar surface area (TPSA) is 134 Å². The zero-order valence-corrected chi connectivity index (χ0v) is 40.8. The SMILES string of the molecule is CCCCCCCC/C=C\CCCCCCCCCC(=O)OCC(COP(=O)(O)OCCN)OC(=O)CCCCCCCCCCCCC/C=C\CCCCCCCCCC. The van der Waals surface area contributed by atoms with Crippen LogP contribution in [-0.4, -0.2) is 49.3 Å². The maximum absolute atomic E-state index is 12.7. The number of hydrogen-bond acceptors (Lipinski definition) is 8. The summed E-state index contributed by atoms with van der Waals surface area (Å²) in [6, 6.07) is 0. The predicted molar refractivity (Wildman–Crippen MR) is 257 cm³/mol. The normalized spacial score (nSPS) is 13.3. The van der Waals surface area contributed by atoms with Crippen LogP contribution in [0.2, 0.25) is 0 Å². The molecule has 61 heavy (non-hydrogen) atoms. The van der Waals surface area contributed by atoms with Crippen molar-refractivity contribution in [2.75, 3.05) is 26.4 Å². The van der Waals surface area contributed by atoms with Gasteiger partial charge in [-0.1, -0.05) is 205 Å². The quantitative estimate of drug-likeness (QED) is 0.0265. The van der Waals surface area contributed by atoms with Crippen molar-refractivity contribution in [3.05, 3.63) is 24.3 Å². The summed E-state index contributed by atoms with van der Waals surface area (Å²) < 4.78 is 32.9. The molecule has 0 aromatic carbocycles. The number of rotatable bonds is 49. The van der Waals surface area contributed by atoms with E-state index in [1.807, 2.05) is 0 Å². The molecule has 0 aromatic heterocycles. The molecule has 0 saturated carbocycles. The van der Waals surface area contributed by atoms with Crippen molar-refractivity contribution in [2.24, 2.45) is 5.73 Å². The highest BCUT2D eigenvalue weighted by molar-refractivity contribution is 7.47. The van der Waals surface area contributed by atoms with Crippen molar-refractivity contribution in [3.63, 3.8) is 0 Å². The first-order chi connectivity index (χ1) is 29.8. The van der Waals surface area contributed by atoms with Crippen LogP contribution in [0, 0.1) is 0 Å². The maximum Gasteiger partial charge on any atom is 0.472 e. The number of phosphoric ester groups is 1. The van der Waals surface area contributed by atoms with Gasteiger partial charge in [-0.2, -0.15) is 0 Å². The Morgan fingerprint density at radius 1 is 0.475 bits per heavy atom. The molecule has 0 spiro atoms. The van der Waals surface area contributed by atoms with Gasteiger partial charge in [0.1, 0.15) is 6.61 Å². The molecule has 0 amide bonds. The monoisotopic (exact) mass is 884 g/mol. The van der Waals surface area contributed by atoms with Gasteiger partial charge in [0.05, 0.1) is 13.2 Å². The lowest BCUT2D eigenvalue weighted by Crippen LogP contribution is -2.29. The number of phosphoric acid groups is 1. The second-order valence-electron chi connectivity index (χ2n) is 17.4. The van der Waals surface area contributed by atoms with E-state index in [0.717, 1.165) is 51.4 Å². The predicted octanol–water partition coefficient (Wildman–Crippen LogP) is 15.5. The van der Waals surface area contributed by atoms with Gasteiger partial charge in [-0.3, -0.25) is 18.6 Å². The number of allylic oxidation sites excluding steroid dienone is 4. The van der Waals surface area contributed by atoms with Gasteiger partial charge in [-0.15, -0.1) is 0 Å². The second kappa shape index (κ2) is 48.0. The molecule has 0 radical (unpaired) electrons. The summed E-state index contributed by atoms with van der Waals surface area (Å²) in [5, 5.41) is 0. The van der Waals surface area contributed by atoms with Gasteiger partial charge in [-0.05, 0) is 64.2 Å². The first-order valence-corrected chi connectivity index (χ1v) is 27.3. The Morgan fingerprint density at radius 2 is 0.803 bits per heavy atom. The Hall–Kier alpha value is -1.51. The van der Waals surface area contributed by atoms with Crippen molar-refractivity contribution in [1.82, 2.24) is 0 Å². The number of carbonyl (C=O) groups is 2. The number of carbonyl (C=O) groups excluding carboxylic acids is 2. The van der Waals surface area contributed by atoms with Gasteiger partial charge in [0, 0.05) is 19.4 Å². The molecule has 0 saturated heterocycles. The third-order valence-corrected chi connectivity index (χ3v) is 12.3. The van der Waals surface area contributed by atoms with E-state index in [4.69, 9.17) is 24.3 Å². The van der Waals surface area contributed by atoms with Crippen LogP contribution in [0.3, 0.4) is 0 Å².